The van der Waals surface area contributed by atoms with Crippen LogP contribution in [-0.4, -0.2) is 17.8 Å². The maximum Gasteiger partial charge on any atom is 0.171 e. The van der Waals surface area contributed by atoms with E-state index in [0.29, 0.717) is 12.2 Å². The molecule has 0 radical (unpaired) electrons. The lowest BCUT2D eigenvalue weighted by atomic mass is 9.89. The zero-order chi connectivity index (χ0) is 18.9. The second-order valence-corrected chi connectivity index (χ2v) is 7.13. The monoisotopic (exact) mass is 378 g/mol. The molecule has 0 bridgehead atoms. The highest BCUT2D eigenvalue weighted by atomic mass is 32.1. The molecule has 1 heterocycles. The van der Waals surface area contributed by atoms with Crippen molar-refractivity contribution in [3.05, 3.63) is 53.6 Å². The van der Waals surface area contributed by atoms with E-state index in [1.807, 2.05) is 32.0 Å². The highest BCUT2D eigenvalue weighted by molar-refractivity contribution is 7.80. The van der Waals surface area contributed by atoms with Gasteiger partial charge in [0.25, 0.3) is 0 Å². The Kier molecular flexibility index (Phi) is 5.00. The molecule has 0 saturated carbocycles. The number of para-hydroxylation sites is 1. The summed E-state index contributed by atoms with van der Waals surface area (Å²) in [6.45, 7) is 3.95. The highest BCUT2D eigenvalue weighted by Gasteiger charge is 2.34. The predicted octanol–water partition coefficient (Wildman–Crippen LogP) is 4.56. The molecule has 0 amide bonds. The van der Waals surface area contributed by atoms with Crippen LogP contribution in [0.15, 0.2) is 36.4 Å². The lowest BCUT2D eigenvalue weighted by molar-refractivity contribution is 0.0695. The van der Waals surface area contributed by atoms with E-state index < -0.39 is 17.2 Å². The molecule has 4 nitrogen and oxygen atoms in total. The lowest BCUT2D eigenvalue weighted by Crippen LogP contribution is -2.42. The molecule has 26 heavy (non-hydrogen) atoms. The average molecular weight is 378 g/mol. The summed E-state index contributed by atoms with van der Waals surface area (Å²) in [5, 5.41) is 5.88. The van der Waals surface area contributed by atoms with Gasteiger partial charge in [0.2, 0.25) is 0 Å². The number of anilines is 1. The maximum absolute atomic E-state index is 13.8. The molecule has 2 aromatic carbocycles. The Balaban J connectivity index is 1.84. The Morgan fingerprint density at radius 1 is 1.23 bits per heavy atom. The minimum Gasteiger partial charge on any atom is -0.497 e. The van der Waals surface area contributed by atoms with Crippen LogP contribution in [0.5, 0.6) is 11.5 Å². The number of rotatable bonds is 3. The van der Waals surface area contributed by atoms with E-state index in [4.69, 9.17) is 21.7 Å². The third-order valence-electron chi connectivity index (χ3n) is 4.18. The van der Waals surface area contributed by atoms with Crippen LogP contribution in [0, 0.1) is 11.6 Å². The van der Waals surface area contributed by atoms with Gasteiger partial charge in [-0.05, 0) is 56.4 Å². The number of benzene rings is 2. The largest absolute Gasteiger partial charge is 0.497 e. The Hall–Kier alpha value is -2.41. The molecule has 0 fully saturated rings. The fourth-order valence-corrected chi connectivity index (χ4v) is 3.26. The fourth-order valence-electron chi connectivity index (χ4n) is 3.01. The van der Waals surface area contributed by atoms with Crippen LogP contribution < -0.4 is 20.1 Å². The van der Waals surface area contributed by atoms with Crippen molar-refractivity contribution in [1.29, 1.82) is 0 Å². The molecule has 138 valence electrons. The summed E-state index contributed by atoms with van der Waals surface area (Å²) in [7, 11) is 1.59. The standard InChI is InChI=1S/C19H20F2N2O2S/c1-19(2)10-15(12-9-11(24-3)7-8-16(12)25-19)22-18(26)23-17-13(20)5-4-6-14(17)21/h4-9,15H,10H2,1-3H3,(H2,22,23,26)/t15-/m1/s1. The lowest BCUT2D eigenvalue weighted by Gasteiger charge is -2.38. The van der Waals surface area contributed by atoms with Crippen molar-refractivity contribution in [1.82, 2.24) is 5.32 Å². The number of hydrogen-bond donors (Lipinski definition) is 2. The van der Waals surface area contributed by atoms with Gasteiger partial charge in [0.1, 0.15) is 34.4 Å². The van der Waals surface area contributed by atoms with Gasteiger partial charge in [-0.2, -0.15) is 0 Å². The van der Waals surface area contributed by atoms with Gasteiger partial charge in [-0.15, -0.1) is 0 Å². The number of fused-ring (bicyclic) bond motifs is 1. The second kappa shape index (κ2) is 7.07. The van der Waals surface area contributed by atoms with E-state index in [2.05, 4.69) is 10.6 Å². The van der Waals surface area contributed by atoms with Crippen LogP contribution in [-0.2, 0) is 0 Å². The van der Waals surface area contributed by atoms with Crippen molar-refractivity contribution >= 4 is 23.0 Å². The molecular formula is C19H20F2N2O2S. The summed E-state index contributed by atoms with van der Waals surface area (Å²) in [4.78, 5) is 0. The molecule has 0 aliphatic carbocycles. The molecule has 2 aromatic rings. The van der Waals surface area contributed by atoms with Gasteiger partial charge >= 0.3 is 0 Å². The Labute approximate surface area is 156 Å². The summed E-state index contributed by atoms with van der Waals surface area (Å²) in [5.41, 5.74) is 0.182. The van der Waals surface area contributed by atoms with Gasteiger partial charge in [0.15, 0.2) is 5.11 Å². The number of nitrogens with one attached hydrogen (secondary N) is 2. The number of methoxy groups -OCH3 is 1. The average Bonchev–Trinajstić information content (AvgIpc) is 2.57. The van der Waals surface area contributed by atoms with Crippen molar-refractivity contribution in [3.8, 4) is 11.5 Å². The van der Waals surface area contributed by atoms with E-state index >= 15 is 0 Å². The SMILES string of the molecule is COc1ccc2c(c1)[C@H](NC(=S)Nc1c(F)cccc1F)CC(C)(C)O2. The van der Waals surface area contributed by atoms with Crippen LogP contribution in [0.2, 0.25) is 0 Å². The number of halogens is 2. The Bertz CT molecular complexity index is 822. The van der Waals surface area contributed by atoms with Gasteiger partial charge in [0, 0.05) is 12.0 Å². The number of thiocarbonyl (C=S) groups is 1. The van der Waals surface area contributed by atoms with Crippen LogP contribution in [0.4, 0.5) is 14.5 Å². The molecule has 0 saturated heterocycles. The summed E-state index contributed by atoms with van der Waals surface area (Å²) in [6, 6.07) is 8.99. The zero-order valence-corrected chi connectivity index (χ0v) is 15.5. The number of hydrogen-bond acceptors (Lipinski definition) is 3. The maximum atomic E-state index is 13.8. The van der Waals surface area contributed by atoms with Crippen molar-refractivity contribution in [2.75, 3.05) is 12.4 Å². The van der Waals surface area contributed by atoms with Crippen molar-refractivity contribution in [2.24, 2.45) is 0 Å². The van der Waals surface area contributed by atoms with Crippen molar-refractivity contribution < 1.29 is 18.3 Å². The van der Waals surface area contributed by atoms with Gasteiger partial charge in [-0.3, -0.25) is 0 Å². The fraction of sp³-hybridized carbons (Fsp3) is 0.316. The minimum atomic E-state index is -0.705. The van der Waals surface area contributed by atoms with E-state index in [1.165, 1.54) is 18.2 Å². The third-order valence-corrected chi connectivity index (χ3v) is 4.40. The van der Waals surface area contributed by atoms with Crippen LogP contribution in [0.25, 0.3) is 0 Å². The van der Waals surface area contributed by atoms with E-state index in [9.17, 15) is 8.78 Å². The topological polar surface area (TPSA) is 42.5 Å². The van der Waals surface area contributed by atoms with Crippen molar-refractivity contribution in [3.63, 3.8) is 0 Å². The minimum absolute atomic E-state index is 0.130. The smallest absolute Gasteiger partial charge is 0.171 e. The molecule has 7 heteroatoms. The zero-order valence-electron chi connectivity index (χ0n) is 14.7. The van der Waals surface area contributed by atoms with Gasteiger partial charge in [-0.25, -0.2) is 8.78 Å². The molecule has 1 aliphatic heterocycles. The molecule has 1 aliphatic rings. The van der Waals surface area contributed by atoms with Crippen LogP contribution >= 0.6 is 12.2 Å². The second-order valence-electron chi connectivity index (χ2n) is 6.72. The van der Waals surface area contributed by atoms with E-state index in [-0.39, 0.29) is 16.8 Å². The third kappa shape index (κ3) is 3.88. The quantitative estimate of drug-likeness (QED) is 0.767. The summed E-state index contributed by atoms with van der Waals surface area (Å²) < 4.78 is 38.9. The summed E-state index contributed by atoms with van der Waals surface area (Å²) in [6.07, 6.45) is 0.620. The number of ether oxygens (including phenoxy) is 2. The first-order chi connectivity index (χ1) is 12.3. The molecule has 0 aromatic heterocycles. The Morgan fingerprint density at radius 2 is 1.92 bits per heavy atom. The summed E-state index contributed by atoms with van der Waals surface area (Å²) >= 11 is 5.27. The Morgan fingerprint density at radius 3 is 2.58 bits per heavy atom. The van der Waals surface area contributed by atoms with Gasteiger partial charge in [-0.1, -0.05) is 6.07 Å². The van der Waals surface area contributed by atoms with Gasteiger partial charge in [0.05, 0.1) is 13.2 Å². The molecular weight excluding hydrogens is 358 g/mol. The molecule has 3 rings (SSSR count). The van der Waals surface area contributed by atoms with Crippen LogP contribution in [0.1, 0.15) is 31.9 Å². The molecule has 0 unspecified atom stereocenters. The van der Waals surface area contributed by atoms with Gasteiger partial charge < -0.3 is 20.1 Å². The molecule has 0 spiro atoms. The molecule has 1 atom stereocenters. The normalized spacial score (nSPS) is 17.7. The van der Waals surface area contributed by atoms with Crippen LogP contribution in [0.3, 0.4) is 0 Å². The predicted molar refractivity (Wildman–Crippen MR) is 101 cm³/mol. The molecule has 2 N–H and O–H groups in total. The van der Waals surface area contributed by atoms with Crippen molar-refractivity contribution in [2.45, 2.75) is 31.9 Å². The summed E-state index contributed by atoms with van der Waals surface area (Å²) in [5.74, 6) is 0.00403. The first-order valence-electron chi connectivity index (χ1n) is 8.17. The highest BCUT2D eigenvalue weighted by Crippen LogP contribution is 2.41. The van der Waals surface area contributed by atoms with E-state index in [0.717, 1.165) is 11.3 Å². The first kappa shape index (κ1) is 18.4. The first-order valence-corrected chi connectivity index (χ1v) is 8.58. The van der Waals surface area contributed by atoms with E-state index in [1.54, 1.807) is 7.11 Å².